The van der Waals surface area contributed by atoms with E-state index in [1.165, 1.54) is 0 Å². The van der Waals surface area contributed by atoms with Gasteiger partial charge in [-0.2, -0.15) is 0 Å². The largest absolute Gasteiger partial charge is 0.352 e. The number of ketones is 2. The summed E-state index contributed by atoms with van der Waals surface area (Å²) in [7, 11) is 1.93. The van der Waals surface area contributed by atoms with Crippen molar-refractivity contribution in [2.45, 2.75) is 44.7 Å². The molecule has 1 fully saturated rings. The van der Waals surface area contributed by atoms with Gasteiger partial charge in [0.25, 0.3) is 11.8 Å². The summed E-state index contributed by atoms with van der Waals surface area (Å²) in [5, 5.41) is 3.87. The molecule has 1 unspecified atom stereocenters. The van der Waals surface area contributed by atoms with Crippen molar-refractivity contribution in [3.05, 3.63) is 70.9 Å². The maximum absolute atomic E-state index is 13.3. The molecule has 1 aromatic heterocycles. The predicted molar refractivity (Wildman–Crippen MR) is 128 cm³/mol. The molecule has 2 aromatic carbocycles. The van der Waals surface area contributed by atoms with Crippen LogP contribution >= 0.6 is 0 Å². The fourth-order valence-electron chi connectivity index (χ4n) is 5.09. The first-order valence-corrected chi connectivity index (χ1v) is 11.7. The lowest BCUT2D eigenvalue weighted by Gasteiger charge is -2.23. The van der Waals surface area contributed by atoms with E-state index in [4.69, 9.17) is 0 Å². The first-order chi connectivity index (χ1) is 16.8. The molecule has 5 rings (SSSR count). The quantitative estimate of drug-likeness (QED) is 0.455. The molecule has 0 bridgehead atoms. The average molecular weight is 472 g/mol. The summed E-state index contributed by atoms with van der Waals surface area (Å²) in [6.45, 7) is 0.0801. The maximum Gasteiger partial charge on any atom is 0.262 e. The number of hydrogen-bond acceptors (Lipinski definition) is 5. The van der Waals surface area contributed by atoms with Gasteiger partial charge in [0.1, 0.15) is 5.78 Å². The molecule has 0 spiro atoms. The number of para-hydroxylation sites is 1. The SMILES string of the molecule is Cn1cc(CC(=O)NCc2cccc3c2C(=O)N(C2CCC(=O)CCC2=O)C3=O)c2ccccc21. The summed E-state index contributed by atoms with van der Waals surface area (Å²) in [6.07, 6.45) is 2.61. The lowest BCUT2D eigenvalue weighted by Crippen LogP contribution is -2.44. The third kappa shape index (κ3) is 4.05. The second-order valence-corrected chi connectivity index (χ2v) is 9.12. The zero-order valence-corrected chi connectivity index (χ0v) is 19.4. The molecule has 0 saturated heterocycles. The van der Waals surface area contributed by atoms with Crippen LogP contribution in [0, 0.1) is 0 Å². The van der Waals surface area contributed by atoms with Gasteiger partial charge in [-0.15, -0.1) is 0 Å². The molecule has 1 aliphatic carbocycles. The summed E-state index contributed by atoms with van der Waals surface area (Å²) in [6, 6.07) is 11.8. The minimum atomic E-state index is -0.928. The number of nitrogens with zero attached hydrogens (tertiary/aromatic N) is 2. The van der Waals surface area contributed by atoms with Crippen molar-refractivity contribution < 1.29 is 24.0 Å². The molecule has 8 nitrogen and oxygen atoms in total. The molecule has 1 aliphatic heterocycles. The fourth-order valence-corrected chi connectivity index (χ4v) is 5.09. The zero-order chi connectivity index (χ0) is 24.7. The van der Waals surface area contributed by atoms with Crippen molar-refractivity contribution in [3.8, 4) is 0 Å². The fraction of sp³-hybridized carbons (Fsp3) is 0.296. The summed E-state index contributed by atoms with van der Waals surface area (Å²) in [4.78, 5) is 64.5. The molecule has 178 valence electrons. The number of fused-ring (bicyclic) bond motifs is 2. The number of carbonyl (C=O) groups excluding carboxylic acids is 5. The van der Waals surface area contributed by atoms with Crippen molar-refractivity contribution in [2.24, 2.45) is 7.05 Å². The van der Waals surface area contributed by atoms with E-state index in [1.54, 1.807) is 18.2 Å². The van der Waals surface area contributed by atoms with Crippen molar-refractivity contribution in [3.63, 3.8) is 0 Å². The van der Waals surface area contributed by atoms with E-state index >= 15 is 0 Å². The van der Waals surface area contributed by atoms with Crippen molar-refractivity contribution in [2.75, 3.05) is 0 Å². The third-order valence-corrected chi connectivity index (χ3v) is 6.87. The molecule has 3 aromatic rings. The van der Waals surface area contributed by atoms with Crippen LogP contribution in [0.15, 0.2) is 48.7 Å². The highest BCUT2D eigenvalue weighted by atomic mass is 16.2. The van der Waals surface area contributed by atoms with Crippen LogP contribution in [0.1, 0.15) is 57.5 Å². The van der Waals surface area contributed by atoms with Gasteiger partial charge in [0.15, 0.2) is 5.78 Å². The Morgan fingerprint density at radius 1 is 0.943 bits per heavy atom. The molecular weight excluding hydrogens is 446 g/mol. The van der Waals surface area contributed by atoms with E-state index in [1.807, 2.05) is 42.1 Å². The molecular formula is C27H25N3O5. The van der Waals surface area contributed by atoms with Crippen LogP contribution in [-0.2, 0) is 34.4 Å². The number of hydrogen-bond donors (Lipinski definition) is 1. The Kier molecular flexibility index (Phi) is 5.80. The van der Waals surface area contributed by atoms with Crippen LogP contribution in [0.5, 0.6) is 0 Å². The maximum atomic E-state index is 13.3. The Balaban J connectivity index is 1.33. The lowest BCUT2D eigenvalue weighted by atomic mass is 10.0. The molecule has 1 saturated carbocycles. The van der Waals surface area contributed by atoms with Gasteiger partial charge in [-0.3, -0.25) is 28.9 Å². The number of amides is 3. The molecule has 1 N–H and O–H groups in total. The van der Waals surface area contributed by atoms with Gasteiger partial charge < -0.3 is 9.88 Å². The molecule has 8 heteroatoms. The van der Waals surface area contributed by atoms with E-state index in [0.717, 1.165) is 21.4 Å². The number of nitrogens with one attached hydrogen (secondary N) is 1. The first kappa shape index (κ1) is 22.7. The second kappa shape index (κ2) is 8.94. The van der Waals surface area contributed by atoms with Crippen LogP contribution in [0.25, 0.3) is 10.9 Å². The van der Waals surface area contributed by atoms with Crippen molar-refractivity contribution >= 4 is 40.2 Å². The lowest BCUT2D eigenvalue weighted by molar-refractivity contribution is -0.124. The number of imide groups is 1. The number of carbonyl (C=O) groups is 5. The Morgan fingerprint density at radius 2 is 1.74 bits per heavy atom. The zero-order valence-electron chi connectivity index (χ0n) is 19.4. The molecule has 3 amide bonds. The van der Waals surface area contributed by atoms with E-state index in [0.29, 0.717) is 5.56 Å². The molecule has 35 heavy (non-hydrogen) atoms. The Morgan fingerprint density at radius 3 is 2.57 bits per heavy atom. The molecule has 2 aliphatic rings. The summed E-state index contributed by atoms with van der Waals surface area (Å²) >= 11 is 0. The number of rotatable bonds is 5. The average Bonchev–Trinajstić information content (AvgIpc) is 3.23. The van der Waals surface area contributed by atoms with Crippen molar-refractivity contribution in [1.82, 2.24) is 14.8 Å². The topological polar surface area (TPSA) is 106 Å². The minimum absolute atomic E-state index is 0.0351. The monoisotopic (exact) mass is 471 g/mol. The van der Waals surface area contributed by atoms with Gasteiger partial charge in [-0.25, -0.2) is 0 Å². The Hall–Kier alpha value is -4.07. The smallest absolute Gasteiger partial charge is 0.262 e. The Labute approximate surface area is 201 Å². The van der Waals surface area contributed by atoms with Crippen molar-refractivity contribution in [1.29, 1.82) is 0 Å². The number of aryl methyl sites for hydroxylation is 1. The summed E-state index contributed by atoms with van der Waals surface area (Å²) in [5.41, 5.74) is 2.89. The molecule has 0 radical (unpaired) electrons. The third-order valence-electron chi connectivity index (χ3n) is 6.87. The van der Waals surface area contributed by atoms with Gasteiger partial charge in [0.2, 0.25) is 5.91 Å². The minimum Gasteiger partial charge on any atom is -0.352 e. The summed E-state index contributed by atoms with van der Waals surface area (Å²) < 4.78 is 1.98. The van der Waals surface area contributed by atoms with Crippen LogP contribution < -0.4 is 5.32 Å². The highest BCUT2D eigenvalue weighted by molar-refractivity contribution is 6.23. The van der Waals surface area contributed by atoms with E-state index in [-0.39, 0.29) is 67.2 Å². The second-order valence-electron chi connectivity index (χ2n) is 9.12. The normalized spacial score (nSPS) is 18.2. The van der Waals surface area contributed by atoms with Gasteiger partial charge in [0, 0.05) is 50.0 Å². The van der Waals surface area contributed by atoms with Crippen LogP contribution in [0.2, 0.25) is 0 Å². The number of Topliss-reactive ketones (excluding diaryl/α,β-unsaturated/α-hetero) is 2. The highest BCUT2D eigenvalue weighted by Gasteiger charge is 2.44. The highest BCUT2D eigenvalue weighted by Crippen LogP contribution is 2.31. The van der Waals surface area contributed by atoms with Gasteiger partial charge in [-0.05, 0) is 29.7 Å². The van der Waals surface area contributed by atoms with Gasteiger partial charge in [0.05, 0.1) is 23.6 Å². The van der Waals surface area contributed by atoms with Crippen LogP contribution in [0.3, 0.4) is 0 Å². The first-order valence-electron chi connectivity index (χ1n) is 11.7. The van der Waals surface area contributed by atoms with Crippen LogP contribution in [0.4, 0.5) is 0 Å². The van der Waals surface area contributed by atoms with E-state index in [2.05, 4.69) is 5.32 Å². The Bertz CT molecular complexity index is 1400. The van der Waals surface area contributed by atoms with Crippen LogP contribution in [-0.4, -0.2) is 44.8 Å². The number of aromatic nitrogens is 1. The standard InChI is InChI=1S/C27H25N3O5/c1-29-15-17(19-6-2-3-8-21(19)29)13-24(33)28-14-16-5-4-7-20-25(16)27(35)30(26(20)34)22-11-9-18(31)10-12-23(22)32/h2-8,15,22H,9-14H2,1H3,(H,28,33). The van der Waals surface area contributed by atoms with E-state index < -0.39 is 17.9 Å². The molecule has 1 atom stereocenters. The summed E-state index contributed by atoms with van der Waals surface area (Å²) in [5.74, 6) is -1.58. The van der Waals surface area contributed by atoms with Gasteiger partial charge >= 0.3 is 0 Å². The number of benzene rings is 2. The van der Waals surface area contributed by atoms with Gasteiger partial charge in [-0.1, -0.05) is 30.3 Å². The predicted octanol–water partition coefficient (Wildman–Crippen LogP) is 2.71. The van der Waals surface area contributed by atoms with E-state index in [9.17, 15) is 24.0 Å². The molecule has 2 heterocycles.